The van der Waals surface area contributed by atoms with Crippen LogP contribution < -0.4 is 16.0 Å². The molecule has 1 aromatic carbocycles. The molecule has 13 heteroatoms. The summed E-state index contributed by atoms with van der Waals surface area (Å²) in [6.45, 7) is 4.22. The van der Waals surface area contributed by atoms with Crippen molar-refractivity contribution in [1.29, 1.82) is 0 Å². The van der Waals surface area contributed by atoms with Crippen molar-refractivity contribution >= 4 is 40.5 Å². The topological polar surface area (TPSA) is 130 Å². The summed E-state index contributed by atoms with van der Waals surface area (Å²) in [6.07, 6.45) is 5.04. The number of furan rings is 1. The van der Waals surface area contributed by atoms with E-state index in [0.29, 0.717) is 54.8 Å². The Morgan fingerprint density at radius 2 is 1.69 bits per heavy atom. The number of nitrogens with one attached hydrogen (secondary N) is 3. The number of carbonyl (C=O) groups is 4. The monoisotopic (exact) mass is 690 g/mol. The fourth-order valence-electron chi connectivity index (χ4n) is 7.91. The first-order valence-electron chi connectivity index (χ1n) is 17.6. The van der Waals surface area contributed by atoms with Gasteiger partial charge in [0.25, 0.3) is 12.3 Å². The molecule has 10 nitrogen and oxygen atoms in total. The number of halogens is 3. The minimum atomic E-state index is -2.69. The van der Waals surface area contributed by atoms with Crippen molar-refractivity contribution in [3.05, 3.63) is 30.0 Å². The van der Waals surface area contributed by atoms with Gasteiger partial charge in [0.2, 0.25) is 11.8 Å². The molecule has 1 saturated heterocycles. The number of fused-ring (bicyclic) bond motifs is 1. The van der Waals surface area contributed by atoms with E-state index in [0.717, 1.165) is 32.1 Å². The maximum atomic E-state index is 14.1. The fourth-order valence-corrected chi connectivity index (χ4v) is 7.91. The van der Waals surface area contributed by atoms with Crippen molar-refractivity contribution in [1.82, 2.24) is 15.5 Å². The molecule has 0 unspecified atom stereocenters. The average molecular weight is 691 g/mol. The van der Waals surface area contributed by atoms with Crippen LogP contribution in [0.15, 0.2) is 28.7 Å². The Morgan fingerprint density at radius 1 is 0.980 bits per heavy atom. The summed E-state index contributed by atoms with van der Waals surface area (Å²) in [5.41, 5.74) is 0.135. The Labute approximate surface area is 285 Å². The first kappa shape index (κ1) is 36.5. The summed E-state index contributed by atoms with van der Waals surface area (Å²) in [4.78, 5) is 54.5. The number of alkyl carbamates (subject to hydrolysis) is 1. The molecule has 2 heterocycles. The third-order valence-corrected chi connectivity index (χ3v) is 10.2. The van der Waals surface area contributed by atoms with Gasteiger partial charge < -0.3 is 30.0 Å². The normalized spacial score (nSPS) is 24.1. The van der Waals surface area contributed by atoms with Crippen LogP contribution in [0.2, 0.25) is 0 Å². The molecule has 3 atom stereocenters. The van der Waals surface area contributed by atoms with Crippen molar-refractivity contribution in [3.8, 4) is 0 Å². The minimum absolute atomic E-state index is 0.0253. The second-order valence-electron chi connectivity index (χ2n) is 14.8. The lowest BCUT2D eigenvalue weighted by Gasteiger charge is -2.37. The molecule has 0 bridgehead atoms. The van der Waals surface area contributed by atoms with Gasteiger partial charge in [0.1, 0.15) is 23.9 Å². The second-order valence-corrected chi connectivity index (χ2v) is 14.8. The lowest BCUT2D eigenvalue weighted by molar-refractivity contribution is -0.142. The van der Waals surface area contributed by atoms with Crippen molar-refractivity contribution in [2.45, 2.75) is 109 Å². The number of benzene rings is 1. The molecule has 4 amide bonds. The molecule has 270 valence electrons. The zero-order valence-electron chi connectivity index (χ0n) is 28.6. The Balaban J connectivity index is 1.26. The highest BCUT2D eigenvalue weighted by atomic mass is 19.3. The quantitative estimate of drug-likeness (QED) is 0.251. The second kappa shape index (κ2) is 15.8. The predicted molar refractivity (Wildman–Crippen MR) is 178 cm³/mol. The summed E-state index contributed by atoms with van der Waals surface area (Å²) in [7, 11) is 0. The maximum absolute atomic E-state index is 14.1. The molecule has 0 spiro atoms. The largest absolute Gasteiger partial charge is 0.451 e. The minimum Gasteiger partial charge on any atom is -0.451 e. The summed E-state index contributed by atoms with van der Waals surface area (Å²) in [5.74, 6) is -1.25. The summed E-state index contributed by atoms with van der Waals surface area (Å²) < 4.78 is 50.0. The molecule has 49 heavy (non-hydrogen) atoms. The van der Waals surface area contributed by atoms with Crippen LogP contribution in [0.4, 0.5) is 23.7 Å². The molecular weight excluding hydrogens is 641 g/mol. The van der Waals surface area contributed by atoms with E-state index in [-0.39, 0.29) is 35.3 Å². The smallest absolute Gasteiger partial charge is 0.407 e. The zero-order chi connectivity index (χ0) is 35.3. The number of hydrogen-bond acceptors (Lipinski definition) is 6. The first-order valence-corrected chi connectivity index (χ1v) is 17.6. The molecule has 1 aliphatic heterocycles. The average Bonchev–Trinajstić information content (AvgIpc) is 3.70. The van der Waals surface area contributed by atoms with Crippen LogP contribution in [-0.4, -0.2) is 72.6 Å². The van der Waals surface area contributed by atoms with E-state index < -0.39 is 49.3 Å². The van der Waals surface area contributed by atoms with Crippen LogP contribution in [0, 0.1) is 23.7 Å². The highest BCUT2D eigenvalue weighted by molar-refractivity contribution is 6.01. The number of nitrogens with zero attached hydrogens (tertiary/aromatic N) is 1. The van der Waals surface area contributed by atoms with Gasteiger partial charge in [-0.3, -0.25) is 14.4 Å². The number of ether oxygens (including phenoxy) is 1. The van der Waals surface area contributed by atoms with E-state index in [1.165, 1.54) is 12.5 Å². The van der Waals surface area contributed by atoms with Crippen molar-refractivity contribution in [2.75, 3.05) is 25.1 Å². The SMILES string of the molecule is CC(C)(C)OC(=O)N[C@H](CF)[C@H]1CC[C@H](C(=O)N2CC[C@@H](C3CCCCC3)[C@H]2C(=O)Nc2ccc3oc(C(=O)NCC(F)F)cc3c2)CC1. The van der Waals surface area contributed by atoms with Gasteiger partial charge in [-0.15, -0.1) is 0 Å². The van der Waals surface area contributed by atoms with Crippen molar-refractivity contribution in [2.24, 2.45) is 23.7 Å². The maximum Gasteiger partial charge on any atom is 0.407 e. The summed E-state index contributed by atoms with van der Waals surface area (Å²) in [6, 6.07) is 5.01. The number of carbonyl (C=O) groups excluding carboxylic acids is 4. The van der Waals surface area contributed by atoms with Gasteiger partial charge in [0, 0.05) is 23.5 Å². The third kappa shape index (κ3) is 9.27. The molecule has 2 saturated carbocycles. The Bertz CT molecular complexity index is 1480. The fraction of sp³-hybridized carbons (Fsp3) is 0.667. The number of anilines is 1. The van der Waals surface area contributed by atoms with Crippen molar-refractivity contribution < 1.29 is 41.5 Å². The molecule has 2 aromatic rings. The van der Waals surface area contributed by atoms with Gasteiger partial charge in [0.05, 0.1) is 12.6 Å². The summed E-state index contributed by atoms with van der Waals surface area (Å²) in [5, 5.41) is 8.32. The molecule has 0 radical (unpaired) electrons. The Kier molecular flexibility index (Phi) is 11.8. The van der Waals surface area contributed by atoms with E-state index in [1.54, 1.807) is 43.9 Å². The van der Waals surface area contributed by atoms with Crippen LogP contribution in [0.5, 0.6) is 0 Å². The van der Waals surface area contributed by atoms with Crippen LogP contribution >= 0.6 is 0 Å². The van der Waals surface area contributed by atoms with Crippen LogP contribution in [0.3, 0.4) is 0 Å². The van der Waals surface area contributed by atoms with Gasteiger partial charge >= 0.3 is 6.09 Å². The molecule has 2 aliphatic carbocycles. The van der Waals surface area contributed by atoms with Crippen LogP contribution in [0.25, 0.3) is 11.0 Å². The number of likely N-dealkylation sites (tertiary alicyclic amines) is 1. The molecular formula is C36H49F3N4O6. The third-order valence-electron chi connectivity index (χ3n) is 10.2. The molecule has 1 aromatic heterocycles. The molecule has 3 fully saturated rings. The zero-order valence-corrected chi connectivity index (χ0v) is 28.6. The number of rotatable bonds is 10. The van der Waals surface area contributed by atoms with Crippen LogP contribution in [-0.2, 0) is 14.3 Å². The van der Waals surface area contributed by atoms with E-state index in [1.807, 2.05) is 0 Å². The predicted octanol–water partition coefficient (Wildman–Crippen LogP) is 6.83. The van der Waals surface area contributed by atoms with E-state index in [9.17, 15) is 32.3 Å². The Morgan fingerprint density at radius 3 is 2.35 bits per heavy atom. The standard InChI is InChI=1S/C36H49F3N4O6/c1-36(2,3)49-35(47)42-27(19-37)22-9-11-23(12-10-22)34(46)43-16-15-26(21-7-5-4-6-8-21)31(43)33(45)41-25-13-14-28-24(17-25)18-29(48-28)32(44)40-20-30(38)39/h13-14,17-18,21-23,26-27,30-31H,4-12,15-16,19-20H2,1-3H3,(H,40,44)(H,41,45)(H,42,47)/t22-,23-,26-,27+,31-/m0/s1. The molecule has 3 N–H and O–H groups in total. The van der Waals surface area contributed by atoms with Gasteiger partial charge in [0.15, 0.2) is 5.76 Å². The van der Waals surface area contributed by atoms with Crippen molar-refractivity contribution in [3.63, 3.8) is 0 Å². The van der Waals surface area contributed by atoms with E-state index in [2.05, 4.69) is 16.0 Å². The van der Waals surface area contributed by atoms with Crippen LogP contribution in [0.1, 0.15) is 95.5 Å². The van der Waals surface area contributed by atoms with Gasteiger partial charge in [-0.2, -0.15) is 0 Å². The highest BCUT2D eigenvalue weighted by Gasteiger charge is 2.47. The molecule has 3 aliphatic rings. The van der Waals surface area contributed by atoms with Gasteiger partial charge in [-0.05, 0) is 94.9 Å². The van der Waals surface area contributed by atoms with Gasteiger partial charge in [-0.1, -0.05) is 32.1 Å². The number of hydrogen-bond donors (Lipinski definition) is 3. The summed E-state index contributed by atoms with van der Waals surface area (Å²) >= 11 is 0. The lowest BCUT2D eigenvalue weighted by Crippen LogP contribution is -2.50. The number of amides is 4. The van der Waals surface area contributed by atoms with E-state index in [4.69, 9.17) is 9.15 Å². The first-order chi connectivity index (χ1) is 23.3. The lowest BCUT2D eigenvalue weighted by atomic mass is 9.76. The molecule has 5 rings (SSSR count). The Hall–Kier alpha value is -3.77. The number of alkyl halides is 3. The van der Waals surface area contributed by atoms with E-state index >= 15 is 0 Å². The highest BCUT2D eigenvalue weighted by Crippen LogP contribution is 2.41. The van der Waals surface area contributed by atoms with Gasteiger partial charge in [-0.25, -0.2) is 18.0 Å².